The molecule has 3 rings (SSSR count). The summed E-state index contributed by atoms with van der Waals surface area (Å²) in [5.74, 6) is -0.0575. The van der Waals surface area contributed by atoms with E-state index >= 15 is 0 Å². The van der Waals surface area contributed by atoms with Gasteiger partial charge in [0, 0.05) is 45.5 Å². The lowest BCUT2D eigenvalue weighted by Crippen LogP contribution is -2.54. The van der Waals surface area contributed by atoms with Crippen LogP contribution < -0.4 is 5.32 Å². The molecule has 0 spiro atoms. The second-order valence-electron chi connectivity index (χ2n) is 6.49. The number of piperazine rings is 1. The Bertz CT molecular complexity index is 557. The van der Waals surface area contributed by atoms with Gasteiger partial charge in [-0.05, 0) is 12.8 Å². The zero-order valence-corrected chi connectivity index (χ0v) is 13.7. The third-order valence-corrected chi connectivity index (χ3v) is 4.71. The number of aryl methyl sites for hydroxylation is 1. The standard InChI is InChI=1S/C16H25N5O2/c1-19-11-14(17-12-19)15(22)20-7-9-21(10-8-20)16(23)18-13-5-3-2-4-6-13/h11-13H,2-10H2,1H3,(H,18,23). The van der Waals surface area contributed by atoms with Gasteiger partial charge in [-0.15, -0.1) is 0 Å². The van der Waals surface area contributed by atoms with Gasteiger partial charge in [-0.2, -0.15) is 0 Å². The molecule has 2 heterocycles. The molecule has 1 saturated carbocycles. The molecule has 1 aliphatic heterocycles. The lowest BCUT2D eigenvalue weighted by atomic mass is 9.96. The number of imidazole rings is 1. The molecule has 1 aliphatic carbocycles. The number of aromatic nitrogens is 2. The summed E-state index contributed by atoms with van der Waals surface area (Å²) in [6.45, 7) is 2.29. The first kappa shape index (κ1) is 15.8. The van der Waals surface area contributed by atoms with Gasteiger partial charge in [0.1, 0.15) is 5.69 Å². The quantitative estimate of drug-likeness (QED) is 0.891. The van der Waals surface area contributed by atoms with Crippen molar-refractivity contribution in [1.29, 1.82) is 0 Å². The number of nitrogens with one attached hydrogen (secondary N) is 1. The molecular weight excluding hydrogens is 294 g/mol. The van der Waals surface area contributed by atoms with Gasteiger partial charge in [0.15, 0.2) is 0 Å². The van der Waals surface area contributed by atoms with Crippen molar-refractivity contribution in [3.63, 3.8) is 0 Å². The fourth-order valence-corrected chi connectivity index (χ4v) is 3.31. The molecule has 0 radical (unpaired) electrons. The normalized spacial score (nSPS) is 19.7. The first-order valence-electron chi connectivity index (χ1n) is 8.46. The van der Waals surface area contributed by atoms with E-state index in [1.54, 1.807) is 22.0 Å². The van der Waals surface area contributed by atoms with Crippen LogP contribution in [0.4, 0.5) is 4.79 Å². The maximum absolute atomic E-state index is 12.3. The summed E-state index contributed by atoms with van der Waals surface area (Å²) in [5, 5.41) is 3.14. The Morgan fingerprint density at radius 3 is 2.35 bits per heavy atom. The summed E-state index contributed by atoms with van der Waals surface area (Å²) in [5.41, 5.74) is 0.465. The SMILES string of the molecule is Cn1cnc(C(=O)N2CCN(C(=O)NC3CCCCC3)CC2)c1. The highest BCUT2D eigenvalue weighted by Crippen LogP contribution is 2.18. The van der Waals surface area contributed by atoms with Gasteiger partial charge in [0.05, 0.1) is 6.33 Å². The molecule has 0 atom stereocenters. The Morgan fingerprint density at radius 2 is 1.74 bits per heavy atom. The molecule has 23 heavy (non-hydrogen) atoms. The van der Waals surface area contributed by atoms with E-state index in [4.69, 9.17) is 0 Å². The van der Waals surface area contributed by atoms with E-state index in [2.05, 4.69) is 10.3 Å². The molecule has 1 aromatic heterocycles. The first-order valence-corrected chi connectivity index (χ1v) is 8.46. The summed E-state index contributed by atoms with van der Waals surface area (Å²) in [6, 6.07) is 0.339. The molecule has 126 valence electrons. The third kappa shape index (κ3) is 3.83. The van der Waals surface area contributed by atoms with Crippen molar-refractivity contribution in [3.05, 3.63) is 18.2 Å². The summed E-state index contributed by atoms with van der Waals surface area (Å²) in [6.07, 6.45) is 9.22. The zero-order valence-electron chi connectivity index (χ0n) is 13.7. The number of rotatable bonds is 2. The number of hydrogen-bond acceptors (Lipinski definition) is 3. The molecule has 0 bridgehead atoms. The fourth-order valence-electron chi connectivity index (χ4n) is 3.31. The molecule has 1 N–H and O–H groups in total. The molecule has 2 fully saturated rings. The van der Waals surface area contributed by atoms with Crippen molar-refractivity contribution in [3.8, 4) is 0 Å². The summed E-state index contributed by atoms with van der Waals surface area (Å²) in [7, 11) is 1.84. The largest absolute Gasteiger partial charge is 0.340 e. The van der Waals surface area contributed by atoms with Crippen LogP contribution in [0.5, 0.6) is 0 Å². The maximum atomic E-state index is 12.3. The van der Waals surface area contributed by atoms with Gasteiger partial charge >= 0.3 is 6.03 Å². The zero-order chi connectivity index (χ0) is 16.2. The van der Waals surface area contributed by atoms with Gasteiger partial charge in [-0.3, -0.25) is 4.79 Å². The van der Waals surface area contributed by atoms with E-state index in [1.165, 1.54) is 19.3 Å². The number of urea groups is 1. The van der Waals surface area contributed by atoms with Gasteiger partial charge in [-0.1, -0.05) is 19.3 Å². The number of carbonyl (C=O) groups excluding carboxylic acids is 2. The van der Waals surface area contributed by atoms with Gasteiger partial charge < -0.3 is 19.7 Å². The highest BCUT2D eigenvalue weighted by atomic mass is 16.2. The van der Waals surface area contributed by atoms with Crippen molar-refractivity contribution >= 4 is 11.9 Å². The van der Waals surface area contributed by atoms with E-state index in [1.807, 2.05) is 11.9 Å². The predicted molar refractivity (Wildman–Crippen MR) is 86.1 cm³/mol. The van der Waals surface area contributed by atoms with Crippen molar-refractivity contribution in [1.82, 2.24) is 24.7 Å². The number of hydrogen-bond donors (Lipinski definition) is 1. The maximum Gasteiger partial charge on any atom is 0.317 e. The van der Waals surface area contributed by atoms with Gasteiger partial charge in [-0.25, -0.2) is 9.78 Å². The second kappa shape index (κ2) is 7.02. The Morgan fingerprint density at radius 1 is 1.09 bits per heavy atom. The van der Waals surface area contributed by atoms with Crippen LogP contribution in [0.2, 0.25) is 0 Å². The molecular formula is C16H25N5O2. The van der Waals surface area contributed by atoms with Crippen LogP contribution in [0.3, 0.4) is 0 Å². The van der Waals surface area contributed by atoms with Crippen LogP contribution >= 0.6 is 0 Å². The highest BCUT2D eigenvalue weighted by molar-refractivity contribution is 5.92. The fraction of sp³-hybridized carbons (Fsp3) is 0.688. The molecule has 2 aliphatic rings. The second-order valence-corrected chi connectivity index (χ2v) is 6.49. The third-order valence-electron chi connectivity index (χ3n) is 4.71. The van der Waals surface area contributed by atoms with Crippen LogP contribution in [0, 0.1) is 0 Å². The van der Waals surface area contributed by atoms with Crippen LogP contribution in [-0.4, -0.2) is 63.5 Å². The molecule has 0 unspecified atom stereocenters. The molecule has 3 amide bonds. The molecule has 1 saturated heterocycles. The molecule has 7 nitrogen and oxygen atoms in total. The monoisotopic (exact) mass is 319 g/mol. The van der Waals surface area contributed by atoms with Crippen molar-refractivity contribution in [2.24, 2.45) is 7.05 Å². The number of carbonyl (C=O) groups is 2. The van der Waals surface area contributed by atoms with E-state index in [9.17, 15) is 9.59 Å². The molecule has 7 heteroatoms. The Kier molecular flexibility index (Phi) is 4.83. The Labute approximate surface area is 136 Å². The molecule has 1 aromatic rings. The summed E-state index contributed by atoms with van der Waals surface area (Å²) < 4.78 is 1.76. The summed E-state index contributed by atoms with van der Waals surface area (Å²) in [4.78, 5) is 32.3. The lowest BCUT2D eigenvalue weighted by Gasteiger charge is -2.35. The number of nitrogens with zero attached hydrogens (tertiary/aromatic N) is 4. The topological polar surface area (TPSA) is 70.5 Å². The van der Waals surface area contributed by atoms with E-state index in [0.29, 0.717) is 37.9 Å². The minimum absolute atomic E-state index is 0.0156. The van der Waals surface area contributed by atoms with Crippen molar-refractivity contribution in [2.45, 2.75) is 38.1 Å². The first-order chi connectivity index (χ1) is 11.1. The Balaban J connectivity index is 1.47. The van der Waals surface area contributed by atoms with Crippen molar-refractivity contribution < 1.29 is 9.59 Å². The van der Waals surface area contributed by atoms with Gasteiger partial charge in [0.2, 0.25) is 0 Å². The van der Waals surface area contributed by atoms with Gasteiger partial charge in [0.25, 0.3) is 5.91 Å². The average Bonchev–Trinajstić information content (AvgIpc) is 3.02. The minimum atomic E-state index is -0.0575. The highest BCUT2D eigenvalue weighted by Gasteiger charge is 2.27. The minimum Gasteiger partial charge on any atom is -0.340 e. The lowest BCUT2D eigenvalue weighted by molar-refractivity contribution is 0.0657. The van der Waals surface area contributed by atoms with Crippen molar-refractivity contribution in [2.75, 3.05) is 26.2 Å². The van der Waals surface area contributed by atoms with E-state index < -0.39 is 0 Å². The summed E-state index contributed by atoms with van der Waals surface area (Å²) >= 11 is 0. The van der Waals surface area contributed by atoms with Crippen LogP contribution in [-0.2, 0) is 7.05 Å². The van der Waals surface area contributed by atoms with E-state index in [0.717, 1.165) is 12.8 Å². The van der Waals surface area contributed by atoms with Crippen LogP contribution in [0.1, 0.15) is 42.6 Å². The molecule has 0 aromatic carbocycles. The predicted octanol–water partition coefficient (Wildman–Crippen LogP) is 1.22. The van der Waals surface area contributed by atoms with Crippen LogP contribution in [0.15, 0.2) is 12.5 Å². The van der Waals surface area contributed by atoms with E-state index in [-0.39, 0.29) is 11.9 Å². The Hall–Kier alpha value is -2.05. The van der Waals surface area contributed by atoms with Crippen LogP contribution in [0.25, 0.3) is 0 Å². The smallest absolute Gasteiger partial charge is 0.317 e. The number of amides is 3. The average molecular weight is 319 g/mol.